The van der Waals surface area contributed by atoms with Gasteiger partial charge < -0.3 is 4.57 Å². The molecule has 0 aliphatic heterocycles. The van der Waals surface area contributed by atoms with Crippen LogP contribution in [0, 0.1) is 0 Å². The van der Waals surface area contributed by atoms with Crippen molar-refractivity contribution in [1.29, 1.82) is 0 Å². The average Bonchev–Trinajstić information content (AvgIpc) is 2.82. The fourth-order valence-electron chi connectivity index (χ4n) is 2.17. The zero-order chi connectivity index (χ0) is 17.3. The third-order valence-electron chi connectivity index (χ3n) is 3.29. The molecule has 1 N–H and O–H groups in total. The Morgan fingerprint density at radius 3 is 2.30 bits per heavy atom. The summed E-state index contributed by atoms with van der Waals surface area (Å²) in [5.41, 5.74) is -2.17. The van der Waals surface area contributed by atoms with Gasteiger partial charge in [0.2, 0.25) is 0 Å². The van der Waals surface area contributed by atoms with E-state index in [0.29, 0.717) is 6.07 Å². The first-order valence-electron chi connectivity index (χ1n) is 6.53. The Kier molecular flexibility index (Phi) is 4.69. The number of nitrogens with zero attached hydrogens (tertiary/aromatic N) is 2. The summed E-state index contributed by atoms with van der Waals surface area (Å²) in [7, 11) is 1.58. The van der Waals surface area contributed by atoms with E-state index in [2.05, 4.69) is 10.3 Å². The predicted molar refractivity (Wildman–Crippen MR) is 70.3 cm³/mol. The molecular formula is C14H13F6N3. The molecule has 1 atom stereocenters. The lowest BCUT2D eigenvalue weighted by Gasteiger charge is -2.25. The molecule has 0 spiro atoms. The highest BCUT2D eigenvalue weighted by molar-refractivity contribution is 5.33. The van der Waals surface area contributed by atoms with E-state index in [1.54, 1.807) is 7.05 Å². The Balaban J connectivity index is 2.35. The van der Waals surface area contributed by atoms with Crippen molar-refractivity contribution in [3.63, 3.8) is 0 Å². The average molecular weight is 337 g/mol. The van der Waals surface area contributed by atoms with Crippen LogP contribution in [0.25, 0.3) is 0 Å². The van der Waals surface area contributed by atoms with Crippen LogP contribution in [0.1, 0.15) is 23.0 Å². The van der Waals surface area contributed by atoms with E-state index in [1.807, 2.05) is 0 Å². The highest BCUT2D eigenvalue weighted by Gasteiger charge is 2.45. The van der Waals surface area contributed by atoms with E-state index >= 15 is 0 Å². The first-order valence-corrected chi connectivity index (χ1v) is 6.53. The molecule has 2 aromatic rings. The maximum absolute atomic E-state index is 13.2. The number of alkyl halides is 6. The summed E-state index contributed by atoms with van der Waals surface area (Å²) < 4.78 is 80.1. The number of hydrogen-bond acceptors (Lipinski definition) is 2. The molecule has 0 saturated heterocycles. The number of nitrogens with one attached hydrogen (secondary N) is 1. The number of aryl methyl sites for hydroxylation is 1. The van der Waals surface area contributed by atoms with Gasteiger partial charge in [-0.1, -0.05) is 18.2 Å². The fraction of sp³-hybridized carbons (Fsp3) is 0.357. The van der Waals surface area contributed by atoms with Gasteiger partial charge in [0.1, 0.15) is 11.9 Å². The molecule has 0 fully saturated rings. The summed E-state index contributed by atoms with van der Waals surface area (Å²) in [5, 5.41) is 2.12. The van der Waals surface area contributed by atoms with Crippen LogP contribution in [-0.4, -0.2) is 15.7 Å². The summed E-state index contributed by atoms with van der Waals surface area (Å²) in [6.07, 6.45) is -6.83. The van der Waals surface area contributed by atoms with Gasteiger partial charge in [-0.25, -0.2) is 4.98 Å². The third kappa shape index (κ3) is 4.04. The number of benzene rings is 1. The molecule has 0 radical (unpaired) electrons. The molecule has 23 heavy (non-hydrogen) atoms. The largest absolute Gasteiger partial charge is 0.416 e. The maximum Gasteiger partial charge on any atom is 0.416 e. The van der Waals surface area contributed by atoms with Gasteiger partial charge in [0.25, 0.3) is 0 Å². The van der Waals surface area contributed by atoms with Crippen LogP contribution in [0.2, 0.25) is 0 Å². The van der Waals surface area contributed by atoms with Gasteiger partial charge in [-0.05, 0) is 11.6 Å². The number of halogens is 6. The van der Waals surface area contributed by atoms with Crippen molar-refractivity contribution in [3.05, 3.63) is 53.6 Å². The fourth-order valence-corrected chi connectivity index (χ4v) is 2.17. The Hall–Kier alpha value is -2.03. The molecule has 2 rings (SSSR count). The summed E-state index contributed by atoms with van der Waals surface area (Å²) in [4.78, 5) is 3.85. The summed E-state index contributed by atoms with van der Waals surface area (Å²) >= 11 is 0. The lowest BCUT2D eigenvalue weighted by Crippen LogP contribution is -2.35. The zero-order valence-corrected chi connectivity index (χ0v) is 11.9. The van der Waals surface area contributed by atoms with E-state index in [1.165, 1.54) is 17.0 Å². The lowest BCUT2D eigenvalue weighted by molar-refractivity contribution is -0.163. The van der Waals surface area contributed by atoms with E-state index in [-0.39, 0.29) is 12.4 Å². The van der Waals surface area contributed by atoms with Gasteiger partial charge in [0, 0.05) is 19.4 Å². The number of imidazole rings is 1. The SMILES string of the molecule is Cn1ccnc1CNC(c1ccccc1C(F)(F)F)C(F)(F)F. The number of aromatic nitrogens is 2. The predicted octanol–water partition coefficient (Wildman–Crippen LogP) is 3.83. The standard InChI is InChI=1S/C14H13F6N3/c1-23-7-6-21-11(23)8-22-12(14(18,19)20)9-4-2-3-5-10(9)13(15,16)17/h2-7,12,22H,8H2,1H3. The highest BCUT2D eigenvalue weighted by Crippen LogP contribution is 2.40. The molecule has 1 unspecified atom stereocenters. The molecule has 1 heterocycles. The van der Waals surface area contributed by atoms with Crippen molar-refractivity contribution in [2.45, 2.75) is 24.9 Å². The first kappa shape index (κ1) is 17.3. The minimum atomic E-state index is -4.88. The molecule has 0 amide bonds. The molecule has 0 bridgehead atoms. The smallest absolute Gasteiger partial charge is 0.337 e. The molecule has 126 valence electrons. The van der Waals surface area contributed by atoms with Gasteiger partial charge >= 0.3 is 12.4 Å². The second-order valence-corrected chi connectivity index (χ2v) is 4.89. The van der Waals surface area contributed by atoms with Crippen LogP contribution < -0.4 is 5.32 Å². The summed E-state index contributed by atoms with van der Waals surface area (Å²) in [6, 6.07) is 1.21. The molecule has 1 aromatic carbocycles. The normalized spacial score (nSPS) is 14.0. The lowest BCUT2D eigenvalue weighted by atomic mass is 9.99. The van der Waals surface area contributed by atoms with Gasteiger partial charge in [0.05, 0.1) is 12.1 Å². The van der Waals surface area contributed by atoms with Gasteiger partial charge in [0.15, 0.2) is 0 Å². The minimum absolute atomic E-state index is 0.281. The Morgan fingerprint density at radius 2 is 1.78 bits per heavy atom. The molecule has 3 nitrogen and oxygen atoms in total. The topological polar surface area (TPSA) is 29.9 Å². The van der Waals surface area contributed by atoms with E-state index < -0.39 is 29.5 Å². The van der Waals surface area contributed by atoms with Crippen molar-refractivity contribution >= 4 is 0 Å². The van der Waals surface area contributed by atoms with Crippen LogP contribution in [-0.2, 0) is 19.8 Å². The van der Waals surface area contributed by atoms with Crippen LogP contribution in [0.4, 0.5) is 26.3 Å². The monoisotopic (exact) mass is 337 g/mol. The van der Waals surface area contributed by atoms with Gasteiger partial charge in [-0.15, -0.1) is 0 Å². The Labute approximate surface area is 127 Å². The van der Waals surface area contributed by atoms with Crippen molar-refractivity contribution in [2.24, 2.45) is 7.05 Å². The summed E-state index contributed by atoms with van der Waals surface area (Å²) in [5.74, 6) is 0.281. The maximum atomic E-state index is 13.2. The second-order valence-electron chi connectivity index (χ2n) is 4.89. The first-order chi connectivity index (χ1) is 10.6. The zero-order valence-electron chi connectivity index (χ0n) is 11.9. The van der Waals surface area contributed by atoms with Crippen molar-refractivity contribution in [2.75, 3.05) is 0 Å². The van der Waals surface area contributed by atoms with Crippen LogP contribution in [0.5, 0.6) is 0 Å². The molecular weight excluding hydrogens is 324 g/mol. The molecule has 0 aliphatic rings. The molecule has 1 aromatic heterocycles. The van der Waals surface area contributed by atoms with Gasteiger partial charge in [-0.2, -0.15) is 26.3 Å². The van der Waals surface area contributed by atoms with Crippen molar-refractivity contribution < 1.29 is 26.3 Å². The molecule has 0 aliphatic carbocycles. The quantitative estimate of drug-likeness (QED) is 0.860. The third-order valence-corrected chi connectivity index (χ3v) is 3.29. The van der Waals surface area contributed by atoms with E-state index in [9.17, 15) is 26.3 Å². The van der Waals surface area contributed by atoms with Crippen LogP contribution in [0.15, 0.2) is 36.7 Å². The molecule has 9 heteroatoms. The second kappa shape index (κ2) is 6.23. The number of hydrogen-bond donors (Lipinski definition) is 1. The van der Waals surface area contributed by atoms with Crippen LogP contribution >= 0.6 is 0 Å². The Bertz CT molecular complexity index is 659. The van der Waals surface area contributed by atoms with Crippen molar-refractivity contribution in [1.82, 2.24) is 14.9 Å². The van der Waals surface area contributed by atoms with E-state index in [4.69, 9.17) is 0 Å². The van der Waals surface area contributed by atoms with Gasteiger partial charge in [-0.3, -0.25) is 5.32 Å². The molecule has 0 saturated carbocycles. The van der Waals surface area contributed by atoms with Crippen molar-refractivity contribution in [3.8, 4) is 0 Å². The van der Waals surface area contributed by atoms with E-state index in [0.717, 1.165) is 18.2 Å². The minimum Gasteiger partial charge on any atom is -0.337 e. The van der Waals surface area contributed by atoms with Crippen LogP contribution in [0.3, 0.4) is 0 Å². The number of rotatable bonds is 4. The Morgan fingerprint density at radius 1 is 1.13 bits per heavy atom. The summed E-state index contributed by atoms with van der Waals surface area (Å²) in [6.45, 7) is -0.320. The highest BCUT2D eigenvalue weighted by atomic mass is 19.4.